The summed E-state index contributed by atoms with van der Waals surface area (Å²) in [6, 6.07) is 8.04. The summed E-state index contributed by atoms with van der Waals surface area (Å²) in [7, 11) is 0. The SMILES string of the molecule is CCOC(=O)NN(C(=O)OCC)C(=O)c1ccccc1. The normalized spacial score (nSPS) is 9.50. The molecule has 0 aliphatic carbocycles. The first kappa shape index (κ1) is 15.5. The third kappa shape index (κ3) is 4.27. The Morgan fingerprint density at radius 2 is 1.65 bits per heavy atom. The lowest BCUT2D eigenvalue weighted by Crippen LogP contribution is -2.50. The Bertz CT molecular complexity index is 475. The number of hydrazine groups is 1. The lowest BCUT2D eigenvalue weighted by molar-refractivity contribution is 0.0521. The highest BCUT2D eigenvalue weighted by atomic mass is 16.6. The van der Waals surface area contributed by atoms with E-state index in [1.54, 1.807) is 32.0 Å². The number of hydrogen-bond donors (Lipinski definition) is 1. The molecule has 0 heterocycles. The zero-order chi connectivity index (χ0) is 15.0. The van der Waals surface area contributed by atoms with Crippen molar-refractivity contribution in [2.75, 3.05) is 13.2 Å². The molecule has 1 aromatic carbocycles. The fraction of sp³-hybridized carbons (Fsp3) is 0.308. The summed E-state index contributed by atoms with van der Waals surface area (Å²) in [5.41, 5.74) is 2.28. The maximum atomic E-state index is 12.2. The molecule has 0 atom stereocenters. The third-order valence-corrected chi connectivity index (χ3v) is 2.15. The molecule has 1 aromatic rings. The molecule has 20 heavy (non-hydrogen) atoms. The fourth-order valence-electron chi connectivity index (χ4n) is 1.33. The molecule has 0 aliphatic rings. The van der Waals surface area contributed by atoms with Gasteiger partial charge in [0.25, 0.3) is 5.91 Å². The smallest absolute Gasteiger partial charge is 0.436 e. The van der Waals surface area contributed by atoms with Gasteiger partial charge in [-0.1, -0.05) is 18.2 Å². The second kappa shape index (κ2) is 7.78. The van der Waals surface area contributed by atoms with Gasteiger partial charge in [0.2, 0.25) is 0 Å². The molecular formula is C13H16N2O5. The van der Waals surface area contributed by atoms with Crippen molar-refractivity contribution in [3.8, 4) is 0 Å². The van der Waals surface area contributed by atoms with Crippen molar-refractivity contribution in [1.29, 1.82) is 0 Å². The van der Waals surface area contributed by atoms with Crippen molar-refractivity contribution in [2.45, 2.75) is 13.8 Å². The Hall–Kier alpha value is -2.57. The van der Waals surface area contributed by atoms with Gasteiger partial charge in [0.15, 0.2) is 0 Å². The molecule has 0 saturated carbocycles. The third-order valence-electron chi connectivity index (χ3n) is 2.15. The molecule has 3 amide bonds. The highest BCUT2D eigenvalue weighted by molar-refractivity contribution is 6.03. The molecule has 0 aromatic heterocycles. The maximum absolute atomic E-state index is 12.2. The van der Waals surface area contributed by atoms with Crippen molar-refractivity contribution >= 4 is 18.1 Å². The molecule has 108 valence electrons. The van der Waals surface area contributed by atoms with Gasteiger partial charge in [-0.3, -0.25) is 4.79 Å². The van der Waals surface area contributed by atoms with Crippen LogP contribution in [-0.4, -0.2) is 36.3 Å². The van der Waals surface area contributed by atoms with E-state index in [0.717, 1.165) is 0 Å². The van der Waals surface area contributed by atoms with Crippen LogP contribution in [0.2, 0.25) is 0 Å². The molecule has 1 rings (SSSR count). The van der Waals surface area contributed by atoms with Crippen LogP contribution in [0, 0.1) is 0 Å². The van der Waals surface area contributed by atoms with Gasteiger partial charge in [0.05, 0.1) is 13.2 Å². The number of benzene rings is 1. The van der Waals surface area contributed by atoms with Gasteiger partial charge in [-0.2, -0.15) is 0 Å². The summed E-state index contributed by atoms with van der Waals surface area (Å²) in [6.07, 6.45) is -1.89. The molecule has 0 spiro atoms. The minimum atomic E-state index is -0.977. The average Bonchev–Trinajstić information content (AvgIpc) is 2.45. The molecular weight excluding hydrogens is 264 g/mol. The lowest BCUT2D eigenvalue weighted by atomic mass is 10.2. The first-order chi connectivity index (χ1) is 9.60. The average molecular weight is 280 g/mol. The van der Waals surface area contributed by atoms with Gasteiger partial charge in [0.1, 0.15) is 0 Å². The summed E-state index contributed by atoms with van der Waals surface area (Å²) >= 11 is 0. The van der Waals surface area contributed by atoms with Gasteiger partial charge in [-0.15, -0.1) is 5.01 Å². The highest BCUT2D eigenvalue weighted by Crippen LogP contribution is 2.05. The van der Waals surface area contributed by atoms with Gasteiger partial charge < -0.3 is 9.47 Å². The molecule has 0 bridgehead atoms. The van der Waals surface area contributed by atoms with E-state index in [9.17, 15) is 14.4 Å². The Kier molecular flexibility index (Phi) is 6.02. The second-order valence-electron chi connectivity index (χ2n) is 3.54. The van der Waals surface area contributed by atoms with Crippen LogP contribution in [0.3, 0.4) is 0 Å². The van der Waals surface area contributed by atoms with E-state index in [2.05, 4.69) is 4.74 Å². The van der Waals surface area contributed by atoms with Crippen LogP contribution in [0.5, 0.6) is 0 Å². The molecule has 7 nitrogen and oxygen atoms in total. The van der Waals surface area contributed by atoms with Gasteiger partial charge in [-0.25, -0.2) is 15.0 Å². The number of amides is 3. The van der Waals surface area contributed by atoms with Crippen molar-refractivity contribution in [3.63, 3.8) is 0 Å². The van der Waals surface area contributed by atoms with Crippen molar-refractivity contribution in [2.24, 2.45) is 0 Å². The Morgan fingerprint density at radius 3 is 2.20 bits per heavy atom. The monoisotopic (exact) mass is 280 g/mol. The number of rotatable bonds is 3. The number of nitrogens with zero attached hydrogens (tertiary/aromatic N) is 1. The molecule has 0 radical (unpaired) electrons. The lowest BCUT2D eigenvalue weighted by Gasteiger charge is -2.20. The first-order valence-electron chi connectivity index (χ1n) is 6.09. The number of nitrogens with one attached hydrogen (secondary N) is 1. The second-order valence-corrected chi connectivity index (χ2v) is 3.54. The van der Waals surface area contributed by atoms with E-state index in [-0.39, 0.29) is 18.8 Å². The quantitative estimate of drug-likeness (QED) is 0.855. The van der Waals surface area contributed by atoms with Gasteiger partial charge in [0, 0.05) is 5.56 Å². The van der Waals surface area contributed by atoms with E-state index in [4.69, 9.17) is 4.74 Å². The van der Waals surface area contributed by atoms with Crippen LogP contribution in [0.15, 0.2) is 30.3 Å². The van der Waals surface area contributed by atoms with Crippen LogP contribution < -0.4 is 5.43 Å². The molecule has 1 N–H and O–H groups in total. The Morgan fingerprint density at radius 1 is 1.05 bits per heavy atom. The molecule has 0 aliphatic heterocycles. The number of carbonyl (C=O) groups is 3. The Balaban J connectivity index is 2.89. The van der Waals surface area contributed by atoms with Gasteiger partial charge in [-0.05, 0) is 26.0 Å². The highest BCUT2D eigenvalue weighted by Gasteiger charge is 2.26. The zero-order valence-corrected chi connectivity index (χ0v) is 11.3. The summed E-state index contributed by atoms with van der Waals surface area (Å²) in [4.78, 5) is 35.2. The van der Waals surface area contributed by atoms with E-state index >= 15 is 0 Å². The largest absolute Gasteiger partial charge is 0.449 e. The number of ether oxygens (including phenoxy) is 2. The predicted octanol–water partition coefficient (Wildman–Crippen LogP) is 1.95. The van der Waals surface area contributed by atoms with Crippen LogP contribution in [0.25, 0.3) is 0 Å². The van der Waals surface area contributed by atoms with Crippen molar-refractivity contribution in [1.82, 2.24) is 10.4 Å². The molecule has 0 unspecified atom stereocenters. The van der Waals surface area contributed by atoms with Crippen molar-refractivity contribution < 1.29 is 23.9 Å². The van der Waals surface area contributed by atoms with Crippen LogP contribution in [0.4, 0.5) is 9.59 Å². The fourth-order valence-corrected chi connectivity index (χ4v) is 1.33. The summed E-state index contributed by atoms with van der Waals surface area (Å²) < 4.78 is 9.36. The van der Waals surface area contributed by atoms with E-state index < -0.39 is 18.1 Å². The number of imide groups is 1. The maximum Gasteiger partial charge on any atom is 0.436 e. The standard InChI is InChI=1S/C13H16N2O5/c1-3-19-12(17)14-15(13(18)20-4-2)11(16)10-8-6-5-7-9-10/h5-9H,3-4H2,1-2H3,(H,14,17). The summed E-state index contributed by atoms with van der Waals surface area (Å²) in [5, 5.41) is 0.483. The summed E-state index contributed by atoms with van der Waals surface area (Å²) in [6.45, 7) is 3.38. The van der Waals surface area contributed by atoms with Gasteiger partial charge >= 0.3 is 12.2 Å². The van der Waals surface area contributed by atoms with E-state index in [0.29, 0.717) is 5.01 Å². The number of hydrogen-bond acceptors (Lipinski definition) is 5. The minimum Gasteiger partial charge on any atom is -0.449 e. The van der Waals surface area contributed by atoms with E-state index in [1.807, 2.05) is 5.43 Å². The predicted molar refractivity (Wildman–Crippen MR) is 69.8 cm³/mol. The van der Waals surface area contributed by atoms with Crippen LogP contribution in [0.1, 0.15) is 24.2 Å². The zero-order valence-electron chi connectivity index (χ0n) is 11.3. The molecule has 7 heteroatoms. The Labute approximate surface area is 116 Å². The molecule has 0 saturated heterocycles. The van der Waals surface area contributed by atoms with E-state index in [1.165, 1.54) is 12.1 Å². The minimum absolute atomic E-state index is 0.0713. The first-order valence-corrected chi connectivity index (χ1v) is 6.09. The summed E-state index contributed by atoms with van der Waals surface area (Å²) in [5.74, 6) is -0.711. The van der Waals surface area contributed by atoms with Crippen molar-refractivity contribution in [3.05, 3.63) is 35.9 Å². The van der Waals surface area contributed by atoms with Crippen LogP contribution >= 0.6 is 0 Å². The van der Waals surface area contributed by atoms with Crippen LogP contribution in [-0.2, 0) is 9.47 Å². The number of carbonyl (C=O) groups excluding carboxylic acids is 3. The topological polar surface area (TPSA) is 84.9 Å². The molecule has 0 fully saturated rings.